The maximum Gasteiger partial charge on any atom is 0.123 e. The molecule has 1 aromatic carbocycles. The second kappa shape index (κ2) is 3.01. The topological polar surface area (TPSA) is 9.23 Å². The summed E-state index contributed by atoms with van der Waals surface area (Å²) in [5, 5.41) is 0. The minimum Gasteiger partial charge on any atom is -0.487 e. The Balaban J connectivity index is 1.92. The van der Waals surface area contributed by atoms with Gasteiger partial charge in [0.25, 0.3) is 0 Å². The predicted octanol–water partition coefficient (Wildman–Crippen LogP) is 3.32. The number of fused-ring (bicyclic) bond motifs is 1. The summed E-state index contributed by atoms with van der Waals surface area (Å²) in [7, 11) is 0. The summed E-state index contributed by atoms with van der Waals surface area (Å²) < 4.78 is 6.18. The van der Waals surface area contributed by atoms with Crippen LogP contribution in [0.5, 0.6) is 5.75 Å². The van der Waals surface area contributed by atoms with Crippen molar-refractivity contribution in [2.24, 2.45) is 0 Å². The van der Waals surface area contributed by atoms with Gasteiger partial charge in [-0.3, -0.25) is 0 Å². The first-order chi connectivity index (χ1) is 6.88. The van der Waals surface area contributed by atoms with Gasteiger partial charge in [-0.15, -0.1) is 0 Å². The summed E-state index contributed by atoms with van der Waals surface area (Å²) in [5.74, 6) is 1.14. The van der Waals surface area contributed by atoms with E-state index in [0.29, 0.717) is 0 Å². The molecular formula is C13H16O. The molecule has 1 heteroatoms. The highest BCUT2D eigenvalue weighted by Gasteiger charge is 2.38. The third-order valence-corrected chi connectivity index (χ3v) is 3.66. The highest BCUT2D eigenvalue weighted by molar-refractivity contribution is 5.36. The summed E-state index contributed by atoms with van der Waals surface area (Å²) in [6.45, 7) is 0. The van der Waals surface area contributed by atoms with Crippen molar-refractivity contribution in [3.05, 3.63) is 29.8 Å². The van der Waals surface area contributed by atoms with Crippen molar-refractivity contribution in [1.82, 2.24) is 0 Å². The summed E-state index contributed by atoms with van der Waals surface area (Å²) in [4.78, 5) is 0. The fourth-order valence-corrected chi connectivity index (χ4v) is 2.83. The van der Waals surface area contributed by atoms with Crippen LogP contribution in [0.4, 0.5) is 0 Å². The van der Waals surface area contributed by atoms with Crippen LogP contribution in [0.15, 0.2) is 24.3 Å². The fraction of sp³-hybridized carbons (Fsp3) is 0.538. The van der Waals surface area contributed by atoms with Crippen molar-refractivity contribution in [2.45, 2.75) is 44.1 Å². The van der Waals surface area contributed by atoms with Crippen molar-refractivity contribution in [1.29, 1.82) is 0 Å². The maximum absolute atomic E-state index is 6.18. The Hall–Kier alpha value is -0.980. The van der Waals surface area contributed by atoms with E-state index in [-0.39, 0.29) is 5.60 Å². The molecular weight excluding hydrogens is 172 g/mol. The first-order valence-corrected chi connectivity index (χ1v) is 5.65. The second-order valence-corrected chi connectivity index (χ2v) is 4.60. The van der Waals surface area contributed by atoms with E-state index in [2.05, 4.69) is 24.3 Å². The molecule has 3 rings (SSSR count). The van der Waals surface area contributed by atoms with Gasteiger partial charge in [0.15, 0.2) is 0 Å². The molecule has 14 heavy (non-hydrogen) atoms. The first kappa shape index (κ1) is 8.34. The Morgan fingerprint density at radius 2 is 1.79 bits per heavy atom. The summed E-state index contributed by atoms with van der Waals surface area (Å²) in [5.41, 5.74) is 1.61. The molecule has 1 fully saturated rings. The van der Waals surface area contributed by atoms with Crippen LogP contribution in [-0.2, 0) is 6.42 Å². The van der Waals surface area contributed by atoms with Crippen LogP contribution in [0, 0.1) is 0 Å². The van der Waals surface area contributed by atoms with Crippen LogP contribution in [-0.4, -0.2) is 5.60 Å². The Bertz CT molecular complexity index is 337. The second-order valence-electron chi connectivity index (χ2n) is 4.60. The third kappa shape index (κ3) is 1.23. The molecule has 1 saturated carbocycles. The van der Waals surface area contributed by atoms with Crippen LogP contribution in [0.1, 0.15) is 37.7 Å². The van der Waals surface area contributed by atoms with E-state index in [1.807, 2.05) is 0 Å². The molecule has 0 amide bonds. The number of ether oxygens (including phenoxy) is 1. The number of benzene rings is 1. The molecule has 0 aromatic heterocycles. The molecule has 0 unspecified atom stereocenters. The van der Waals surface area contributed by atoms with Crippen LogP contribution in [0.25, 0.3) is 0 Å². The first-order valence-electron chi connectivity index (χ1n) is 5.65. The van der Waals surface area contributed by atoms with Gasteiger partial charge in [0.05, 0.1) is 0 Å². The lowest BCUT2D eigenvalue weighted by molar-refractivity contribution is 0.0533. The molecule has 1 nitrogen and oxygen atoms in total. The number of rotatable bonds is 0. The molecule has 0 saturated heterocycles. The SMILES string of the molecule is c1ccc2c(c1)CCC1(CCCC1)O2. The third-order valence-electron chi connectivity index (χ3n) is 3.66. The molecule has 1 spiro atoms. The monoisotopic (exact) mass is 188 g/mol. The number of hydrogen-bond acceptors (Lipinski definition) is 1. The number of para-hydroxylation sites is 1. The van der Waals surface area contributed by atoms with Crippen LogP contribution >= 0.6 is 0 Å². The average Bonchev–Trinajstić information content (AvgIpc) is 2.66. The average molecular weight is 188 g/mol. The van der Waals surface area contributed by atoms with Gasteiger partial charge in [-0.2, -0.15) is 0 Å². The van der Waals surface area contributed by atoms with E-state index in [1.54, 1.807) is 0 Å². The Morgan fingerprint density at radius 3 is 2.64 bits per heavy atom. The molecule has 0 bridgehead atoms. The zero-order valence-electron chi connectivity index (χ0n) is 8.46. The predicted molar refractivity (Wildman–Crippen MR) is 56.6 cm³/mol. The maximum atomic E-state index is 6.18. The van der Waals surface area contributed by atoms with Gasteiger partial charge in [-0.1, -0.05) is 18.2 Å². The van der Waals surface area contributed by atoms with Crippen LogP contribution < -0.4 is 4.74 Å². The molecule has 74 valence electrons. The number of aryl methyl sites for hydroxylation is 1. The Labute approximate surface area is 85.1 Å². The molecule has 2 aliphatic rings. The normalized spacial score (nSPS) is 23.1. The van der Waals surface area contributed by atoms with Crippen LogP contribution in [0.3, 0.4) is 0 Å². The molecule has 0 N–H and O–H groups in total. The van der Waals surface area contributed by atoms with E-state index in [1.165, 1.54) is 44.1 Å². The zero-order chi connectivity index (χ0) is 9.43. The summed E-state index contributed by atoms with van der Waals surface area (Å²) in [6, 6.07) is 8.49. The number of hydrogen-bond donors (Lipinski definition) is 0. The van der Waals surface area contributed by atoms with Gasteiger partial charge in [0.1, 0.15) is 11.4 Å². The minimum absolute atomic E-state index is 0.217. The summed E-state index contributed by atoms with van der Waals surface area (Å²) in [6.07, 6.45) is 7.66. The molecule has 1 aliphatic heterocycles. The smallest absolute Gasteiger partial charge is 0.123 e. The van der Waals surface area contributed by atoms with Crippen molar-refractivity contribution >= 4 is 0 Å². The van der Waals surface area contributed by atoms with Gasteiger partial charge in [-0.25, -0.2) is 0 Å². The lowest BCUT2D eigenvalue weighted by Gasteiger charge is -2.35. The standard InChI is InChI=1S/C13H16O/c1-2-6-12-11(5-1)7-10-13(14-12)8-3-4-9-13/h1-2,5-6H,3-4,7-10H2. The van der Waals surface area contributed by atoms with E-state index >= 15 is 0 Å². The Morgan fingerprint density at radius 1 is 1.00 bits per heavy atom. The van der Waals surface area contributed by atoms with E-state index in [4.69, 9.17) is 4.74 Å². The van der Waals surface area contributed by atoms with E-state index < -0.39 is 0 Å². The molecule has 1 aliphatic carbocycles. The zero-order valence-corrected chi connectivity index (χ0v) is 8.46. The Kier molecular flexibility index (Phi) is 1.79. The molecule has 0 atom stereocenters. The van der Waals surface area contributed by atoms with Crippen molar-refractivity contribution in [2.75, 3.05) is 0 Å². The van der Waals surface area contributed by atoms with Crippen molar-refractivity contribution in [3.8, 4) is 5.75 Å². The lowest BCUT2D eigenvalue weighted by Crippen LogP contribution is -2.36. The van der Waals surface area contributed by atoms with Crippen LogP contribution in [0.2, 0.25) is 0 Å². The minimum atomic E-state index is 0.217. The fourth-order valence-electron chi connectivity index (χ4n) is 2.83. The largest absolute Gasteiger partial charge is 0.487 e. The van der Waals surface area contributed by atoms with Crippen molar-refractivity contribution in [3.63, 3.8) is 0 Å². The highest BCUT2D eigenvalue weighted by atomic mass is 16.5. The van der Waals surface area contributed by atoms with E-state index in [9.17, 15) is 0 Å². The summed E-state index contributed by atoms with van der Waals surface area (Å²) >= 11 is 0. The van der Waals surface area contributed by atoms with Crippen molar-refractivity contribution < 1.29 is 4.74 Å². The molecule has 0 radical (unpaired) electrons. The van der Waals surface area contributed by atoms with Gasteiger partial charge in [0.2, 0.25) is 0 Å². The van der Waals surface area contributed by atoms with Gasteiger partial charge in [0, 0.05) is 0 Å². The lowest BCUT2D eigenvalue weighted by atomic mass is 9.90. The van der Waals surface area contributed by atoms with E-state index in [0.717, 1.165) is 5.75 Å². The quantitative estimate of drug-likeness (QED) is 0.607. The van der Waals surface area contributed by atoms with Gasteiger partial charge >= 0.3 is 0 Å². The van der Waals surface area contributed by atoms with Gasteiger partial charge in [-0.05, 0) is 50.2 Å². The highest BCUT2D eigenvalue weighted by Crippen LogP contribution is 2.42. The van der Waals surface area contributed by atoms with Gasteiger partial charge < -0.3 is 4.74 Å². The molecule has 1 heterocycles. The molecule has 1 aromatic rings.